The Morgan fingerprint density at radius 3 is 2.65 bits per heavy atom. The lowest BCUT2D eigenvalue weighted by atomic mass is 10.1. The van der Waals surface area contributed by atoms with Gasteiger partial charge in [0.15, 0.2) is 0 Å². The van der Waals surface area contributed by atoms with Crippen LogP contribution in [0, 0.1) is 12.8 Å². The molecule has 6 heterocycles. The quantitative estimate of drug-likeness (QED) is 0.329. The Morgan fingerprint density at radius 1 is 1.04 bits per heavy atom. The number of imidazole rings is 1. The smallest absolute Gasteiger partial charge is 0.258 e. The molecule has 13 heteroatoms. The molecule has 0 spiro atoms. The molecule has 2 fully saturated rings. The van der Waals surface area contributed by atoms with Gasteiger partial charge in [-0.25, -0.2) is 13.9 Å². The van der Waals surface area contributed by atoms with Gasteiger partial charge in [0, 0.05) is 55.5 Å². The van der Waals surface area contributed by atoms with Gasteiger partial charge in [-0.05, 0) is 68.9 Å². The third kappa shape index (κ3) is 6.40. The van der Waals surface area contributed by atoms with Gasteiger partial charge in [0.1, 0.15) is 0 Å². The van der Waals surface area contributed by atoms with Crippen molar-refractivity contribution >= 4 is 38.3 Å². The minimum absolute atomic E-state index is 0.269. The molecule has 0 saturated carbocycles. The molecule has 12 nitrogen and oxygen atoms in total. The van der Waals surface area contributed by atoms with Crippen LogP contribution in [0.2, 0.25) is 0 Å². The van der Waals surface area contributed by atoms with E-state index in [2.05, 4.69) is 31.8 Å². The Bertz CT molecular complexity index is 1870. The van der Waals surface area contributed by atoms with Gasteiger partial charge in [0.05, 0.1) is 63.7 Å². The lowest BCUT2D eigenvalue weighted by Crippen LogP contribution is -2.46. The van der Waals surface area contributed by atoms with Crippen LogP contribution in [0.25, 0.3) is 22.3 Å². The molecule has 0 unspecified atom stereocenters. The fraction of sp³-hybridized carbons (Fsp3) is 0.515. The highest BCUT2D eigenvalue weighted by atomic mass is 32.2. The predicted octanol–water partition coefficient (Wildman–Crippen LogP) is 4.80. The SMILES string of the molecule is Cc1cc2cc(n1)-c1cnn(C)c1OCCC[C@@H](C)Cn1c(nc3ccc(N=S4(=O)CCC(N5CCOCC5)CC4)cc31)NC2=O. The number of amides is 1. The summed E-state index contributed by atoms with van der Waals surface area (Å²) >= 11 is 0. The van der Waals surface area contributed by atoms with Gasteiger partial charge < -0.3 is 14.0 Å². The van der Waals surface area contributed by atoms with Crippen molar-refractivity contribution < 1.29 is 18.5 Å². The summed E-state index contributed by atoms with van der Waals surface area (Å²) < 4.78 is 34.2. The van der Waals surface area contributed by atoms with Crippen LogP contribution in [-0.2, 0) is 28.1 Å². The zero-order valence-corrected chi connectivity index (χ0v) is 27.6. The lowest BCUT2D eigenvalue weighted by molar-refractivity contribution is 0.0147. The average Bonchev–Trinajstić information content (AvgIpc) is 3.58. The summed E-state index contributed by atoms with van der Waals surface area (Å²) in [6.07, 6.45) is 5.26. The first-order valence-corrected chi connectivity index (χ1v) is 18.1. The molecule has 0 aliphatic carbocycles. The summed E-state index contributed by atoms with van der Waals surface area (Å²) in [5.41, 5.74) is 4.86. The molecule has 1 atom stereocenters. The molecule has 1 amide bonds. The summed E-state index contributed by atoms with van der Waals surface area (Å²) in [6, 6.07) is 9.76. The van der Waals surface area contributed by atoms with Gasteiger partial charge in [-0.1, -0.05) is 6.92 Å². The van der Waals surface area contributed by atoms with E-state index in [0.717, 1.165) is 68.6 Å². The number of nitrogens with zero attached hydrogens (tertiary/aromatic N) is 7. The van der Waals surface area contributed by atoms with Crippen molar-refractivity contribution in [3.8, 4) is 17.1 Å². The minimum atomic E-state index is -2.36. The highest BCUT2D eigenvalue weighted by Crippen LogP contribution is 2.32. The standard InChI is InChI=1S/C33H42N8O4S/c1-22-5-4-12-45-32-27(20-34-39(32)3)29-18-24(17-23(2)35-29)31(42)37-33-36-28-7-6-25(19-30(28)41(33)21-22)38-46(43)15-8-26(9-16-46)40-10-13-44-14-11-40/h6-7,17-20,22,26H,4-5,8-16,21H2,1-3H3,(H,36,37,42)/t22-,26?,46?/m1/s1. The molecule has 4 aromatic rings. The van der Waals surface area contributed by atoms with Crippen LogP contribution >= 0.6 is 0 Å². The first kappa shape index (κ1) is 30.8. The summed E-state index contributed by atoms with van der Waals surface area (Å²) in [6.45, 7) is 8.67. The Labute approximate surface area is 269 Å². The van der Waals surface area contributed by atoms with Crippen molar-refractivity contribution in [1.29, 1.82) is 0 Å². The number of carbonyl (C=O) groups is 1. The van der Waals surface area contributed by atoms with Gasteiger partial charge in [-0.15, -0.1) is 0 Å². The second-order valence-corrected chi connectivity index (χ2v) is 15.3. The molecule has 2 bridgehead atoms. The average molecular weight is 647 g/mol. The van der Waals surface area contributed by atoms with Gasteiger partial charge in [-0.3, -0.25) is 20.0 Å². The monoisotopic (exact) mass is 646 g/mol. The number of hydrogen-bond donors (Lipinski definition) is 1. The number of aromatic nitrogens is 5. The normalized spacial score (nSPS) is 24.6. The molecule has 3 aliphatic rings. The summed E-state index contributed by atoms with van der Waals surface area (Å²) in [5.74, 6) is 2.30. The summed E-state index contributed by atoms with van der Waals surface area (Å²) in [4.78, 5) is 25.7. The van der Waals surface area contributed by atoms with Gasteiger partial charge >= 0.3 is 0 Å². The number of pyridine rings is 1. The summed E-state index contributed by atoms with van der Waals surface area (Å²) in [5, 5.41) is 7.47. The van der Waals surface area contributed by atoms with E-state index in [-0.39, 0.29) is 11.8 Å². The number of carbonyl (C=O) groups excluding carboxylic acids is 1. The van der Waals surface area contributed by atoms with Crippen LogP contribution in [0.1, 0.15) is 48.7 Å². The number of fused-ring (bicyclic) bond motifs is 7. The number of rotatable bonds is 2. The number of morpholine rings is 1. The number of ether oxygens (including phenoxy) is 2. The molecule has 2 saturated heterocycles. The Morgan fingerprint density at radius 2 is 1.85 bits per heavy atom. The van der Waals surface area contributed by atoms with Crippen LogP contribution < -0.4 is 10.1 Å². The first-order valence-electron chi connectivity index (χ1n) is 16.2. The minimum Gasteiger partial charge on any atom is -0.477 e. The molecule has 7 rings (SSSR count). The molecule has 244 valence electrons. The molecule has 3 aromatic heterocycles. The van der Waals surface area contributed by atoms with Crippen LogP contribution in [-0.4, -0.2) is 89.8 Å². The largest absolute Gasteiger partial charge is 0.477 e. The van der Waals surface area contributed by atoms with Crippen molar-refractivity contribution in [1.82, 2.24) is 29.2 Å². The van der Waals surface area contributed by atoms with Crippen LogP contribution in [0.3, 0.4) is 0 Å². The third-order valence-electron chi connectivity index (χ3n) is 9.28. The van der Waals surface area contributed by atoms with Gasteiger partial charge in [-0.2, -0.15) is 9.46 Å². The highest BCUT2D eigenvalue weighted by Gasteiger charge is 2.28. The molecule has 0 radical (unpaired) electrons. The fourth-order valence-electron chi connectivity index (χ4n) is 6.81. The maximum Gasteiger partial charge on any atom is 0.258 e. The number of benzene rings is 1. The van der Waals surface area contributed by atoms with E-state index in [9.17, 15) is 9.00 Å². The fourth-order valence-corrected chi connectivity index (χ4v) is 8.98. The first-order chi connectivity index (χ1) is 22.2. The maximum absolute atomic E-state index is 13.9. The van der Waals surface area contributed by atoms with E-state index < -0.39 is 9.73 Å². The zero-order chi connectivity index (χ0) is 31.8. The van der Waals surface area contributed by atoms with Crippen molar-refractivity contribution in [3.05, 3.63) is 47.8 Å². The number of anilines is 1. The van der Waals surface area contributed by atoms with E-state index in [1.807, 2.05) is 32.2 Å². The van der Waals surface area contributed by atoms with Crippen molar-refractivity contribution in [3.63, 3.8) is 0 Å². The molecule has 1 aromatic carbocycles. The Balaban J connectivity index is 1.20. The number of nitrogens with one attached hydrogen (secondary N) is 1. The third-order valence-corrected chi connectivity index (χ3v) is 11.6. The van der Waals surface area contributed by atoms with E-state index in [1.54, 1.807) is 23.0 Å². The second kappa shape index (κ2) is 12.8. The van der Waals surface area contributed by atoms with Crippen molar-refractivity contribution in [2.45, 2.75) is 52.1 Å². The van der Waals surface area contributed by atoms with Crippen LogP contribution in [0.4, 0.5) is 11.6 Å². The molecular formula is C33H42N8O4S. The molecule has 1 N–H and O–H groups in total. The maximum atomic E-state index is 13.9. The molecule has 3 aliphatic heterocycles. The van der Waals surface area contributed by atoms with E-state index >= 15 is 0 Å². The Hall–Kier alpha value is -3.81. The number of aryl methyl sites for hydroxylation is 2. The molecule has 46 heavy (non-hydrogen) atoms. The topological polar surface area (TPSA) is 129 Å². The van der Waals surface area contributed by atoms with E-state index in [4.69, 9.17) is 18.8 Å². The van der Waals surface area contributed by atoms with Crippen LogP contribution in [0.15, 0.2) is 40.9 Å². The second-order valence-electron chi connectivity index (χ2n) is 12.8. The summed E-state index contributed by atoms with van der Waals surface area (Å²) in [7, 11) is -0.521. The van der Waals surface area contributed by atoms with Crippen molar-refractivity contribution in [2.75, 3.05) is 49.7 Å². The van der Waals surface area contributed by atoms with Gasteiger partial charge in [0.25, 0.3) is 5.91 Å². The Kier molecular flexibility index (Phi) is 8.55. The van der Waals surface area contributed by atoms with Gasteiger partial charge in [0.2, 0.25) is 11.8 Å². The van der Waals surface area contributed by atoms with E-state index in [1.165, 1.54) is 0 Å². The lowest BCUT2D eigenvalue weighted by Gasteiger charge is -2.37. The molecular weight excluding hydrogens is 604 g/mol. The van der Waals surface area contributed by atoms with Crippen LogP contribution in [0.5, 0.6) is 5.88 Å². The predicted molar refractivity (Wildman–Crippen MR) is 178 cm³/mol. The highest BCUT2D eigenvalue weighted by molar-refractivity contribution is 7.93. The van der Waals surface area contributed by atoms with Crippen molar-refractivity contribution in [2.24, 2.45) is 17.3 Å². The number of hydrogen-bond acceptors (Lipinski definition) is 9. The zero-order valence-electron chi connectivity index (χ0n) is 26.8. The van der Waals surface area contributed by atoms with E-state index in [0.29, 0.717) is 65.2 Å².